The fraction of sp³-hybridized carbons (Fsp3) is 0.118. The lowest BCUT2D eigenvalue weighted by Crippen LogP contribution is -2.11. The van der Waals surface area contributed by atoms with Crippen molar-refractivity contribution in [1.82, 2.24) is 10.1 Å². The number of furan rings is 1. The van der Waals surface area contributed by atoms with Crippen molar-refractivity contribution >= 4 is 11.0 Å². The van der Waals surface area contributed by atoms with E-state index in [2.05, 4.69) is 10.1 Å². The molecule has 0 radical (unpaired) electrons. The Morgan fingerprint density at radius 2 is 2.00 bits per heavy atom. The highest BCUT2D eigenvalue weighted by Crippen LogP contribution is 2.34. The number of nitrogens with zero attached hydrogens (tertiary/aromatic N) is 2. The lowest BCUT2D eigenvalue weighted by Gasteiger charge is -2.10. The molecule has 0 amide bonds. The standard InChI is InChI=1S/C17H9F3N2O5/c18-17(19,20)12-6-15(23)26-13-5-10(1-2-11(12)13)25-8-14-21-16(22-27-14)9-3-4-24-7-9/h1-7H,8H2. The predicted octanol–water partition coefficient (Wildman–Crippen LogP) is 4.03. The van der Waals surface area contributed by atoms with E-state index in [-0.39, 0.29) is 29.2 Å². The Balaban J connectivity index is 1.57. The molecular weight excluding hydrogens is 369 g/mol. The van der Waals surface area contributed by atoms with Crippen molar-refractivity contribution in [2.75, 3.05) is 0 Å². The number of benzene rings is 1. The van der Waals surface area contributed by atoms with Crippen molar-refractivity contribution in [2.24, 2.45) is 0 Å². The molecule has 4 rings (SSSR count). The monoisotopic (exact) mass is 378 g/mol. The molecule has 10 heteroatoms. The second kappa shape index (κ2) is 6.31. The summed E-state index contributed by atoms with van der Waals surface area (Å²) in [6.45, 7) is -0.125. The van der Waals surface area contributed by atoms with Gasteiger partial charge in [-0.1, -0.05) is 5.16 Å². The Morgan fingerprint density at radius 3 is 2.74 bits per heavy atom. The van der Waals surface area contributed by atoms with E-state index >= 15 is 0 Å². The number of rotatable bonds is 4. The van der Waals surface area contributed by atoms with Crippen LogP contribution in [-0.4, -0.2) is 10.1 Å². The Kier molecular flexibility index (Phi) is 3.94. The smallest absolute Gasteiger partial charge is 0.417 e. The largest absolute Gasteiger partial charge is 0.484 e. The second-order valence-corrected chi connectivity index (χ2v) is 5.45. The van der Waals surface area contributed by atoms with Crippen LogP contribution >= 0.6 is 0 Å². The molecular formula is C17H9F3N2O5. The van der Waals surface area contributed by atoms with Crippen LogP contribution in [0, 0.1) is 0 Å². The minimum absolute atomic E-state index is 0.125. The molecule has 0 saturated heterocycles. The number of aromatic nitrogens is 2. The van der Waals surface area contributed by atoms with Gasteiger partial charge in [0.1, 0.15) is 17.6 Å². The van der Waals surface area contributed by atoms with E-state index in [0.29, 0.717) is 17.5 Å². The zero-order chi connectivity index (χ0) is 19.0. The summed E-state index contributed by atoms with van der Waals surface area (Å²) in [5.74, 6) is 0.631. The number of ether oxygens (including phenoxy) is 1. The number of alkyl halides is 3. The average molecular weight is 378 g/mol. The van der Waals surface area contributed by atoms with E-state index in [1.54, 1.807) is 6.07 Å². The van der Waals surface area contributed by atoms with Crippen LogP contribution < -0.4 is 10.4 Å². The fourth-order valence-electron chi connectivity index (χ4n) is 2.43. The summed E-state index contributed by atoms with van der Waals surface area (Å²) in [5, 5.41) is 3.52. The van der Waals surface area contributed by atoms with Gasteiger partial charge in [0.15, 0.2) is 6.61 Å². The van der Waals surface area contributed by atoms with E-state index in [9.17, 15) is 18.0 Å². The molecule has 138 valence electrons. The zero-order valence-electron chi connectivity index (χ0n) is 13.3. The molecule has 4 aromatic rings. The molecule has 7 nitrogen and oxygen atoms in total. The number of hydrogen-bond donors (Lipinski definition) is 0. The van der Waals surface area contributed by atoms with Crippen molar-refractivity contribution in [3.05, 3.63) is 64.7 Å². The van der Waals surface area contributed by atoms with Gasteiger partial charge in [0.2, 0.25) is 5.82 Å². The van der Waals surface area contributed by atoms with Gasteiger partial charge in [0, 0.05) is 17.5 Å². The van der Waals surface area contributed by atoms with Crippen molar-refractivity contribution in [3.63, 3.8) is 0 Å². The van der Waals surface area contributed by atoms with Crippen LogP contribution in [-0.2, 0) is 12.8 Å². The lowest BCUT2D eigenvalue weighted by atomic mass is 10.1. The molecule has 0 saturated carbocycles. The molecule has 3 heterocycles. The molecule has 0 aliphatic heterocycles. The van der Waals surface area contributed by atoms with Crippen molar-refractivity contribution in [1.29, 1.82) is 0 Å². The highest BCUT2D eigenvalue weighted by atomic mass is 19.4. The maximum Gasteiger partial charge on any atom is 0.417 e. The normalized spacial score (nSPS) is 11.8. The van der Waals surface area contributed by atoms with Gasteiger partial charge < -0.3 is 18.1 Å². The number of hydrogen-bond acceptors (Lipinski definition) is 7. The third-order valence-corrected chi connectivity index (χ3v) is 3.63. The molecule has 3 aromatic heterocycles. The molecule has 0 unspecified atom stereocenters. The maximum absolute atomic E-state index is 13.0. The van der Waals surface area contributed by atoms with Crippen molar-refractivity contribution in [3.8, 4) is 17.1 Å². The van der Waals surface area contributed by atoms with Gasteiger partial charge in [-0.25, -0.2) is 4.79 Å². The van der Waals surface area contributed by atoms with Crippen LogP contribution in [0.4, 0.5) is 13.2 Å². The van der Waals surface area contributed by atoms with E-state index in [0.717, 1.165) is 0 Å². The minimum atomic E-state index is -4.68. The Bertz CT molecular complexity index is 1150. The van der Waals surface area contributed by atoms with Crippen LogP contribution in [0.15, 0.2) is 61.0 Å². The zero-order valence-corrected chi connectivity index (χ0v) is 13.3. The molecule has 0 fully saturated rings. The molecule has 0 bridgehead atoms. The molecule has 0 atom stereocenters. The quantitative estimate of drug-likeness (QED) is 0.495. The van der Waals surface area contributed by atoms with Crippen LogP contribution in [0.2, 0.25) is 0 Å². The SMILES string of the molecule is O=c1cc(C(F)(F)F)c2ccc(OCc3nc(-c4ccoc4)no3)cc2o1. The van der Waals surface area contributed by atoms with Gasteiger partial charge in [-0.15, -0.1) is 0 Å². The number of fused-ring (bicyclic) bond motifs is 1. The van der Waals surface area contributed by atoms with E-state index < -0.39 is 17.4 Å². The fourth-order valence-corrected chi connectivity index (χ4v) is 2.43. The van der Waals surface area contributed by atoms with Gasteiger partial charge in [0.25, 0.3) is 5.89 Å². The van der Waals surface area contributed by atoms with Crippen molar-refractivity contribution < 1.29 is 31.3 Å². The van der Waals surface area contributed by atoms with Gasteiger partial charge in [-0.05, 0) is 18.2 Å². The van der Waals surface area contributed by atoms with Gasteiger partial charge in [-0.3, -0.25) is 0 Å². The maximum atomic E-state index is 13.0. The summed E-state index contributed by atoms with van der Waals surface area (Å²) in [5.41, 5.74) is -1.79. The second-order valence-electron chi connectivity index (χ2n) is 5.45. The minimum Gasteiger partial charge on any atom is -0.484 e. The van der Waals surface area contributed by atoms with Crippen LogP contribution in [0.1, 0.15) is 11.5 Å². The van der Waals surface area contributed by atoms with Crippen LogP contribution in [0.3, 0.4) is 0 Å². The Morgan fingerprint density at radius 1 is 1.15 bits per heavy atom. The first-order chi connectivity index (χ1) is 12.9. The lowest BCUT2D eigenvalue weighted by molar-refractivity contribution is -0.136. The summed E-state index contributed by atoms with van der Waals surface area (Å²) in [4.78, 5) is 15.5. The topological polar surface area (TPSA) is 91.5 Å². The summed E-state index contributed by atoms with van der Waals surface area (Å²) in [6.07, 6.45) is -1.77. The third-order valence-electron chi connectivity index (χ3n) is 3.63. The first kappa shape index (κ1) is 16.9. The van der Waals surface area contributed by atoms with Crippen molar-refractivity contribution in [2.45, 2.75) is 12.8 Å². The molecule has 1 aromatic carbocycles. The molecule has 0 N–H and O–H groups in total. The van der Waals surface area contributed by atoms with Gasteiger partial charge >= 0.3 is 11.8 Å². The first-order valence-corrected chi connectivity index (χ1v) is 7.53. The highest BCUT2D eigenvalue weighted by molar-refractivity contribution is 5.82. The first-order valence-electron chi connectivity index (χ1n) is 7.53. The van der Waals surface area contributed by atoms with Gasteiger partial charge in [0.05, 0.1) is 17.4 Å². The predicted molar refractivity (Wildman–Crippen MR) is 83.8 cm³/mol. The summed E-state index contributed by atoms with van der Waals surface area (Å²) < 4.78 is 59.4. The third kappa shape index (κ3) is 3.41. The average Bonchev–Trinajstić information content (AvgIpc) is 3.29. The summed E-state index contributed by atoms with van der Waals surface area (Å²) >= 11 is 0. The molecule has 27 heavy (non-hydrogen) atoms. The Labute approximate surface area is 148 Å². The molecule has 0 spiro atoms. The highest BCUT2D eigenvalue weighted by Gasteiger charge is 2.33. The Hall–Kier alpha value is -3.56. The van der Waals surface area contributed by atoms with Crippen LogP contribution in [0.5, 0.6) is 5.75 Å². The van der Waals surface area contributed by atoms with E-state index in [1.807, 2.05) is 0 Å². The summed E-state index contributed by atoms with van der Waals surface area (Å²) in [6, 6.07) is 5.75. The summed E-state index contributed by atoms with van der Waals surface area (Å²) in [7, 11) is 0. The van der Waals surface area contributed by atoms with Crippen LogP contribution in [0.25, 0.3) is 22.4 Å². The van der Waals surface area contributed by atoms with Gasteiger partial charge in [-0.2, -0.15) is 18.2 Å². The molecule has 0 aliphatic rings. The molecule has 0 aliphatic carbocycles. The van der Waals surface area contributed by atoms with E-state index in [4.69, 9.17) is 18.1 Å². The van der Waals surface area contributed by atoms with E-state index in [1.165, 1.54) is 30.7 Å². The number of halogens is 3.